The quantitative estimate of drug-likeness (QED) is 0.165. The molecule has 0 fully saturated rings. The Balaban J connectivity index is 0.921. The summed E-state index contributed by atoms with van der Waals surface area (Å²) in [4.78, 5) is 5.00. The summed E-state index contributed by atoms with van der Waals surface area (Å²) in [6.07, 6.45) is 0. The van der Waals surface area contributed by atoms with Gasteiger partial charge in [0.1, 0.15) is 23.0 Å². The molecule has 0 aliphatic carbocycles. The number of aromatic nitrogens is 2. The number of fused-ring (bicyclic) bond motifs is 14. The topological polar surface area (TPSA) is 31.6 Å². The van der Waals surface area contributed by atoms with Crippen LogP contribution in [0.25, 0.3) is 66.1 Å². The third-order valence-corrected chi connectivity index (χ3v) is 17.2. The lowest BCUT2D eigenvalue weighted by atomic mass is 9.34. The van der Waals surface area contributed by atoms with Crippen molar-refractivity contribution in [3.63, 3.8) is 0 Å². The molecule has 0 saturated heterocycles. The van der Waals surface area contributed by atoms with Crippen molar-refractivity contribution < 1.29 is 9.47 Å². The van der Waals surface area contributed by atoms with Gasteiger partial charge in [0.15, 0.2) is 0 Å². The van der Waals surface area contributed by atoms with Gasteiger partial charge in [-0.25, -0.2) is 0 Å². The van der Waals surface area contributed by atoms with Gasteiger partial charge in [-0.3, -0.25) is 0 Å². The van der Waals surface area contributed by atoms with Crippen LogP contribution in [0.15, 0.2) is 246 Å². The number of anilines is 3. The van der Waals surface area contributed by atoms with Gasteiger partial charge in [0, 0.05) is 65.2 Å². The van der Waals surface area contributed by atoms with Gasteiger partial charge in [0.05, 0.1) is 22.1 Å². The molecule has 11 aromatic carbocycles. The van der Waals surface area contributed by atoms with Gasteiger partial charge in [-0.15, -0.1) is 0 Å². The molecule has 4 aliphatic heterocycles. The summed E-state index contributed by atoms with van der Waals surface area (Å²) in [6, 6.07) is 86.7. The highest BCUT2D eigenvalue weighted by Crippen LogP contribution is 2.47. The molecule has 0 unspecified atom stereocenters. The summed E-state index contributed by atoms with van der Waals surface area (Å²) in [5, 5.41) is 5.00. The van der Waals surface area contributed by atoms with Gasteiger partial charge in [-0.2, -0.15) is 0 Å². The standard InChI is InChI=1S/C66H39B2N3O2S/c1-2-16-42(17-3-1)69-57-38-43(70-53-24-10-4-18-45(53)46-19-5-11-25-54(46)70)30-32-49(57)67-52-33-31-44(71-55-26-12-6-20-47(55)48-21-7-13-27-56(48)71)39-63(52)74-64-37-40(34-58(69)65(64)67)41-35-61-66-62(36-41)73-60-29-15-9-23-51(60)68(66)50-22-8-14-28-59(50)72-61/h1-39H. The average molecular weight is 960 g/mol. The van der Waals surface area contributed by atoms with Crippen LogP contribution in [-0.4, -0.2) is 22.6 Å². The van der Waals surface area contributed by atoms with Gasteiger partial charge in [0.2, 0.25) is 6.71 Å². The first-order valence-corrected chi connectivity index (χ1v) is 26.2. The molecular formula is C66H39B2N3O2S. The number of rotatable bonds is 4. The van der Waals surface area contributed by atoms with E-state index < -0.39 is 0 Å². The molecule has 5 nitrogen and oxygen atoms in total. The van der Waals surface area contributed by atoms with Crippen LogP contribution in [0.4, 0.5) is 17.1 Å². The summed E-state index contributed by atoms with van der Waals surface area (Å²) in [6.45, 7) is -0.0382. The van der Waals surface area contributed by atoms with Crippen LogP contribution in [0.3, 0.4) is 0 Å². The van der Waals surface area contributed by atoms with Crippen molar-refractivity contribution in [3.8, 4) is 45.5 Å². The van der Waals surface area contributed by atoms with Crippen molar-refractivity contribution in [2.75, 3.05) is 4.90 Å². The van der Waals surface area contributed by atoms with E-state index in [1.807, 2.05) is 11.8 Å². The number of nitrogens with zero attached hydrogens (tertiary/aromatic N) is 3. The van der Waals surface area contributed by atoms with E-state index in [4.69, 9.17) is 9.47 Å². The Kier molecular flexibility index (Phi) is 8.33. The fourth-order valence-corrected chi connectivity index (χ4v) is 14.2. The van der Waals surface area contributed by atoms with Crippen LogP contribution in [0.1, 0.15) is 0 Å². The second-order valence-electron chi connectivity index (χ2n) is 19.9. The van der Waals surface area contributed by atoms with Crippen LogP contribution in [0.2, 0.25) is 0 Å². The van der Waals surface area contributed by atoms with Crippen LogP contribution in [0, 0.1) is 0 Å². The van der Waals surface area contributed by atoms with Crippen molar-refractivity contribution in [3.05, 3.63) is 237 Å². The molecule has 0 atom stereocenters. The lowest BCUT2D eigenvalue weighted by Crippen LogP contribution is -2.59. The lowest BCUT2D eigenvalue weighted by molar-refractivity contribution is 0.465. The molecule has 17 rings (SSSR count). The maximum Gasteiger partial charge on any atom is 0.260 e. The second-order valence-corrected chi connectivity index (χ2v) is 21.0. The van der Waals surface area contributed by atoms with E-state index in [0.29, 0.717) is 0 Å². The number of hydrogen-bond donors (Lipinski definition) is 0. The molecule has 2 aromatic heterocycles. The van der Waals surface area contributed by atoms with E-state index in [1.165, 1.54) is 69.8 Å². The molecule has 0 radical (unpaired) electrons. The Hall–Kier alpha value is -9.10. The maximum atomic E-state index is 6.90. The summed E-state index contributed by atoms with van der Waals surface area (Å²) in [5.41, 5.74) is 19.9. The van der Waals surface area contributed by atoms with E-state index >= 15 is 0 Å². The minimum absolute atomic E-state index is 0.000930. The molecule has 0 bridgehead atoms. The van der Waals surface area contributed by atoms with E-state index in [9.17, 15) is 0 Å². The molecule has 0 spiro atoms. The zero-order valence-electron chi connectivity index (χ0n) is 39.7. The van der Waals surface area contributed by atoms with Crippen molar-refractivity contribution in [2.24, 2.45) is 0 Å². The van der Waals surface area contributed by atoms with Crippen molar-refractivity contribution in [1.29, 1.82) is 0 Å². The largest absolute Gasteiger partial charge is 0.458 e. The molecule has 13 aromatic rings. The van der Waals surface area contributed by atoms with Crippen molar-refractivity contribution in [2.45, 2.75) is 9.79 Å². The van der Waals surface area contributed by atoms with Gasteiger partial charge in [-0.05, 0) is 130 Å². The van der Waals surface area contributed by atoms with Gasteiger partial charge < -0.3 is 23.5 Å². The number of ether oxygens (including phenoxy) is 2. The van der Waals surface area contributed by atoms with E-state index in [2.05, 4.69) is 251 Å². The summed E-state index contributed by atoms with van der Waals surface area (Å²) >= 11 is 1.88. The zero-order valence-corrected chi connectivity index (χ0v) is 40.6. The predicted molar refractivity (Wildman–Crippen MR) is 308 cm³/mol. The van der Waals surface area contributed by atoms with Crippen LogP contribution >= 0.6 is 11.8 Å². The first kappa shape index (κ1) is 40.5. The molecular weight excluding hydrogens is 920 g/mol. The van der Waals surface area contributed by atoms with Gasteiger partial charge in [0.25, 0.3) is 6.71 Å². The second kappa shape index (κ2) is 15.2. The van der Waals surface area contributed by atoms with Crippen molar-refractivity contribution in [1.82, 2.24) is 9.13 Å². The Bertz CT molecular complexity index is 4400. The Morgan fingerprint density at radius 3 is 1.36 bits per heavy atom. The summed E-state index contributed by atoms with van der Waals surface area (Å²) in [7, 11) is 0. The van der Waals surface area contributed by atoms with Crippen molar-refractivity contribution >= 4 is 119 Å². The Labute approximate surface area is 431 Å². The minimum Gasteiger partial charge on any atom is -0.458 e. The Morgan fingerprint density at radius 1 is 0.311 bits per heavy atom. The van der Waals surface area contributed by atoms with Crippen LogP contribution < -0.4 is 47.2 Å². The highest BCUT2D eigenvalue weighted by atomic mass is 32.2. The number of para-hydroxylation sites is 7. The molecule has 4 aliphatic rings. The van der Waals surface area contributed by atoms with E-state index in [1.54, 1.807) is 0 Å². The zero-order chi connectivity index (χ0) is 48.2. The summed E-state index contributed by atoms with van der Waals surface area (Å²) in [5.74, 6) is 3.42. The molecule has 74 heavy (non-hydrogen) atoms. The molecule has 0 N–H and O–H groups in total. The first-order valence-electron chi connectivity index (χ1n) is 25.4. The van der Waals surface area contributed by atoms with Gasteiger partial charge in [-0.1, -0.05) is 157 Å². The fraction of sp³-hybridized carbons (Fsp3) is 0. The molecule has 6 heterocycles. The third kappa shape index (κ3) is 5.63. The average Bonchev–Trinajstić information content (AvgIpc) is 3.98. The predicted octanol–water partition coefficient (Wildman–Crippen LogP) is 13.0. The van der Waals surface area contributed by atoms with Crippen LogP contribution in [0.5, 0.6) is 23.0 Å². The molecule has 0 amide bonds. The maximum absolute atomic E-state index is 6.90. The van der Waals surface area contributed by atoms with Gasteiger partial charge >= 0.3 is 0 Å². The normalized spacial score (nSPS) is 13.5. The first-order chi connectivity index (χ1) is 36.7. The summed E-state index contributed by atoms with van der Waals surface area (Å²) < 4.78 is 18.7. The number of benzene rings is 11. The SMILES string of the molecule is c1ccc(N2c3cc(-n4c5ccccc5c5ccccc54)ccc3B3c4ccc(-n5c6ccccc6c6ccccc65)cc4Sc4cc(-c5cc6c7c(c5)Oc5ccccc5B7c5ccccc5O6)cc2c43)cc1. The highest BCUT2D eigenvalue weighted by Gasteiger charge is 2.43. The lowest BCUT2D eigenvalue weighted by Gasteiger charge is -2.41. The third-order valence-electron chi connectivity index (χ3n) is 16.1. The fourth-order valence-electron chi connectivity index (χ4n) is 13.0. The smallest absolute Gasteiger partial charge is 0.260 e. The van der Waals surface area contributed by atoms with E-state index in [-0.39, 0.29) is 13.4 Å². The molecule has 8 heteroatoms. The van der Waals surface area contributed by atoms with E-state index in [0.717, 1.165) is 79.0 Å². The Morgan fingerprint density at radius 2 is 0.784 bits per heavy atom. The molecule has 342 valence electrons. The highest BCUT2D eigenvalue weighted by molar-refractivity contribution is 8.00. The monoisotopic (exact) mass is 959 g/mol. The minimum atomic E-state index is -0.0372. The van der Waals surface area contributed by atoms with Crippen LogP contribution in [-0.2, 0) is 0 Å². The molecule has 0 saturated carbocycles. The number of hydrogen-bond acceptors (Lipinski definition) is 4.